The van der Waals surface area contributed by atoms with Crippen LogP contribution < -0.4 is 10.1 Å². The summed E-state index contributed by atoms with van der Waals surface area (Å²) in [6.45, 7) is 1.50. The van der Waals surface area contributed by atoms with Crippen LogP contribution >= 0.6 is 0 Å². The van der Waals surface area contributed by atoms with Gasteiger partial charge in [0, 0.05) is 24.5 Å². The molecule has 2 N–H and O–H groups in total. The van der Waals surface area contributed by atoms with E-state index >= 15 is 0 Å². The Morgan fingerprint density at radius 3 is 3.00 bits per heavy atom. The number of ether oxygens (including phenoxy) is 1. The molecule has 0 fully saturated rings. The highest BCUT2D eigenvalue weighted by Gasteiger charge is 2.14. The summed E-state index contributed by atoms with van der Waals surface area (Å²) in [6, 6.07) is 6.80. The molecule has 3 rings (SSSR count). The number of aryl methyl sites for hydroxylation is 1. The number of aromatic hydroxyl groups is 1. The van der Waals surface area contributed by atoms with Crippen LogP contribution in [0.5, 0.6) is 11.5 Å². The number of nitrogens with one attached hydrogen (secondary N) is 1. The molecule has 9 nitrogen and oxygen atoms in total. The summed E-state index contributed by atoms with van der Waals surface area (Å²) < 4.78 is 7.25. The molecule has 3 aromatic rings. The number of amides is 1. The van der Waals surface area contributed by atoms with Gasteiger partial charge in [-0.05, 0) is 25.1 Å². The fourth-order valence-electron chi connectivity index (χ4n) is 2.29. The molecule has 0 aliphatic heterocycles. The minimum Gasteiger partial charge on any atom is -0.506 e. The van der Waals surface area contributed by atoms with Crippen molar-refractivity contribution < 1.29 is 19.6 Å². The van der Waals surface area contributed by atoms with Crippen molar-refractivity contribution in [3.63, 3.8) is 0 Å². The predicted octanol–water partition coefficient (Wildman–Crippen LogP) is 2.27. The van der Waals surface area contributed by atoms with Crippen LogP contribution in [-0.4, -0.2) is 31.9 Å². The number of phenols is 1. The number of benzene rings is 1. The lowest BCUT2D eigenvalue weighted by Crippen LogP contribution is -2.20. The van der Waals surface area contributed by atoms with E-state index in [1.807, 2.05) is 19.3 Å². The molecule has 2 aromatic heterocycles. The maximum absolute atomic E-state index is 12.0. The number of hydrogen-bond donors (Lipinski definition) is 2. The van der Waals surface area contributed by atoms with E-state index in [1.54, 1.807) is 16.5 Å². The lowest BCUT2D eigenvalue weighted by atomic mass is 10.2. The maximum Gasteiger partial charge on any atom is 0.271 e. The van der Waals surface area contributed by atoms with Crippen LogP contribution in [0, 0.1) is 17.0 Å². The van der Waals surface area contributed by atoms with Gasteiger partial charge in [0.2, 0.25) is 0 Å². The van der Waals surface area contributed by atoms with Crippen LogP contribution in [0.3, 0.4) is 0 Å². The van der Waals surface area contributed by atoms with Gasteiger partial charge in [0.05, 0.1) is 16.3 Å². The SMILES string of the molecule is Cc1cn2cccc(OCC(=O)Nc3cc([N+](=O)[O-])ccc3O)c2n1. The first kappa shape index (κ1) is 16.2. The Kier molecular flexibility index (Phi) is 4.21. The highest BCUT2D eigenvalue weighted by atomic mass is 16.6. The molecule has 0 unspecified atom stereocenters. The normalized spacial score (nSPS) is 10.6. The Bertz CT molecular complexity index is 966. The van der Waals surface area contributed by atoms with Crippen molar-refractivity contribution in [1.29, 1.82) is 0 Å². The molecule has 2 heterocycles. The van der Waals surface area contributed by atoms with Gasteiger partial charge in [0.1, 0.15) is 5.75 Å². The van der Waals surface area contributed by atoms with E-state index in [0.29, 0.717) is 11.4 Å². The van der Waals surface area contributed by atoms with Crippen LogP contribution in [0.15, 0.2) is 42.7 Å². The highest BCUT2D eigenvalue weighted by Crippen LogP contribution is 2.27. The number of hydrogen-bond acceptors (Lipinski definition) is 6. The quantitative estimate of drug-likeness (QED) is 0.417. The van der Waals surface area contributed by atoms with Crippen molar-refractivity contribution in [1.82, 2.24) is 9.38 Å². The van der Waals surface area contributed by atoms with Crippen molar-refractivity contribution >= 4 is 22.9 Å². The van der Waals surface area contributed by atoms with Crippen molar-refractivity contribution in [2.75, 3.05) is 11.9 Å². The van der Waals surface area contributed by atoms with Gasteiger partial charge in [0.25, 0.3) is 11.6 Å². The number of non-ortho nitro benzene ring substituents is 1. The molecule has 9 heteroatoms. The fourth-order valence-corrected chi connectivity index (χ4v) is 2.29. The highest BCUT2D eigenvalue weighted by molar-refractivity contribution is 5.93. The molecule has 25 heavy (non-hydrogen) atoms. The van der Waals surface area contributed by atoms with Gasteiger partial charge in [-0.3, -0.25) is 14.9 Å². The van der Waals surface area contributed by atoms with Crippen molar-refractivity contribution in [3.05, 3.63) is 58.5 Å². The second-order valence-electron chi connectivity index (χ2n) is 5.28. The van der Waals surface area contributed by atoms with Gasteiger partial charge in [-0.1, -0.05) is 0 Å². The zero-order valence-corrected chi connectivity index (χ0v) is 13.2. The Balaban J connectivity index is 1.71. The van der Waals surface area contributed by atoms with Gasteiger partial charge >= 0.3 is 0 Å². The fraction of sp³-hybridized carbons (Fsp3) is 0.125. The third kappa shape index (κ3) is 3.50. The first-order chi connectivity index (χ1) is 11.9. The summed E-state index contributed by atoms with van der Waals surface area (Å²) in [5.74, 6) is -0.417. The third-order valence-corrected chi connectivity index (χ3v) is 3.39. The number of nitro benzene ring substituents is 1. The van der Waals surface area contributed by atoms with Gasteiger partial charge < -0.3 is 19.6 Å². The third-order valence-electron chi connectivity index (χ3n) is 3.39. The number of aromatic nitrogens is 2. The zero-order chi connectivity index (χ0) is 18.0. The number of nitrogens with zero attached hydrogens (tertiary/aromatic N) is 3. The molecule has 1 amide bonds. The first-order valence-corrected chi connectivity index (χ1v) is 7.28. The van der Waals surface area contributed by atoms with E-state index in [1.165, 1.54) is 0 Å². The van der Waals surface area contributed by atoms with Crippen LogP contribution in [0.4, 0.5) is 11.4 Å². The van der Waals surface area contributed by atoms with E-state index in [9.17, 15) is 20.0 Å². The van der Waals surface area contributed by atoms with E-state index in [2.05, 4.69) is 10.3 Å². The Hall–Kier alpha value is -3.62. The zero-order valence-electron chi connectivity index (χ0n) is 13.2. The molecule has 128 valence electrons. The van der Waals surface area contributed by atoms with Crippen LogP contribution in [0.2, 0.25) is 0 Å². The number of carbonyl (C=O) groups is 1. The lowest BCUT2D eigenvalue weighted by Gasteiger charge is -2.09. The monoisotopic (exact) mass is 342 g/mol. The van der Waals surface area contributed by atoms with E-state index in [4.69, 9.17) is 4.74 Å². The second-order valence-corrected chi connectivity index (χ2v) is 5.28. The number of rotatable bonds is 5. The first-order valence-electron chi connectivity index (χ1n) is 7.28. The van der Waals surface area contributed by atoms with E-state index in [0.717, 1.165) is 23.9 Å². The molecule has 0 atom stereocenters. The van der Waals surface area contributed by atoms with Gasteiger partial charge in [-0.25, -0.2) is 4.98 Å². The summed E-state index contributed by atoms with van der Waals surface area (Å²) in [4.78, 5) is 26.5. The molecule has 0 radical (unpaired) electrons. The molecule has 1 aromatic carbocycles. The molecule has 0 saturated carbocycles. The largest absolute Gasteiger partial charge is 0.506 e. The van der Waals surface area contributed by atoms with Crippen LogP contribution in [-0.2, 0) is 4.79 Å². The number of phenolic OH excluding ortho intramolecular Hbond substituents is 1. The molecule has 0 spiro atoms. The second kappa shape index (κ2) is 6.48. The number of fused-ring (bicyclic) bond motifs is 1. The minimum atomic E-state index is -0.618. The number of imidazole rings is 1. The summed E-state index contributed by atoms with van der Waals surface area (Å²) in [6.07, 6.45) is 3.63. The smallest absolute Gasteiger partial charge is 0.271 e. The van der Waals surface area contributed by atoms with Gasteiger partial charge in [-0.15, -0.1) is 0 Å². The Morgan fingerprint density at radius 1 is 1.44 bits per heavy atom. The van der Waals surface area contributed by atoms with E-state index in [-0.39, 0.29) is 23.7 Å². The Morgan fingerprint density at radius 2 is 2.24 bits per heavy atom. The molecule has 0 aliphatic carbocycles. The lowest BCUT2D eigenvalue weighted by molar-refractivity contribution is -0.384. The average Bonchev–Trinajstić information content (AvgIpc) is 2.95. The summed E-state index contributed by atoms with van der Waals surface area (Å²) in [5, 5.41) is 22.9. The molecule has 0 saturated heterocycles. The molecular formula is C16H14N4O5. The summed E-state index contributed by atoms with van der Waals surface area (Å²) in [7, 11) is 0. The van der Waals surface area contributed by atoms with Gasteiger partial charge in [0.15, 0.2) is 18.0 Å². The summed E-state index contributed by atoms with van der Waals surface area (Å²) >= 11 is 0. The molecular weight excluding hydrogens is 328 g/mol. The number of carbonyl (C=O) groups excluding carboxylic acids is 1. The Labute approximate surface area is 141 Å². The van der Waals surface area contributed by atoms with Gasteiger partial charge in [-0.2, -0.15) is 0 Å². The van der Waals surface area contributed by atoms with Crippen molar-refractivity contribution in [2.24, 2.45) is 0 Å². The number of pyridine rings is 1. The van der Waals surface area contributed by atoms with E-state index < -0.39 is 10.8 Å². The van der Waals surface area contributed by atoms with Crippen LogP contribution in [0.25, 0.3) is 5.65 Å². The van der Waals surface area contributed by atoms with Crippen molar-refractivity contribution in [3.8, 4) is 11.5 Å². The predicted molar refractivity (Wildman–Crippen MR) is 88.8 cm³/mol. The number of anilines is 1. The minimum absolute atomic E-state index is 0.0577. The average molecular weight is 342 g/mol. The molecule has 0 bridgehead atoms. The van der Waals surface area contributed by atoms with Crippen molar-refractivity contribution in [2.45, 2.75) is 6.92 Å². The van der Waals surface area contributed by atoms with Crippen LogP contribution in [0.1, 0.15) is 5.69 Å². The maximum atomic E-state index is 12.0. The topological polar surface area (TPSA) is 119 Å². The standard InChI is InChI=1S/C16H14N4O5/c1-10-8-19-6-2-3-14(16(19)17-10)25-9-15(22)18-12-7-11(20(23)24)4-5-13(12)21/h2-8,21H,9H2,1H3,(H,18,22). The number of nitro groups is 1. The summed E-state index contributed by atoms with van der Waals surface area (Å²) in [5.41, 5.74) is 1.08. The molecule has 0 aliphatic rings.